The van der Waals surface area contributed by atoms with E-state index in [1.807, 2.05) is 0 Å². The van der Waals surface area contributed by atoms with E-state index in [1.54, 1.807) is 0 Å². The summed E-state index contributed by atoms with van der Waals surface area (Å²) in [7, 11) is 0. The summed E-state index contributed by atoms with van der Waals surface area (Å²) in [5.74, 6) is 1.91. The Morgan fingerprint density at radius 1 is 0.511 bits per heavy atom. The first-order valence-corrected chi connectivity index (χ1v) is 15.7. The van der Waals surface area contributed by atoms with Crippen molar-refractivity contribution in [3.63, 3.8) is 0 Å². The normalized spacial score (nSPS) is 14.6. The molecule has 45 heavy (non-hydrogen) atoms. The van der Waals surface area contributed by atoms with E-state index < -0.39 is 5.41 Å². The molecule has 3 heterocycles. The van der Waals surface area contributed by atoms with E-state index in [1.165, 1.54) is 66.4 Å². The summed E-state index contributed by atoms with van der Waals surface area (Å²) in [4.78, 5) is 2.48. The second kappa shape index (κ2) is 9.00. The molecule has 3 heteroatoms. The molecular formula is C42H28BNO. The molecule has 0 N–H and O–H groups in total. The lowest BCUT2D eigenvalue weighted by Gasteiger charge is -2.50. The van der Waals surface area contributed by atoms with E-state index in [0.717, 1.165) is 17.2 Å². The standard InChI is InChI=1S/C42H28BNO/c1-27-24-36-41-38(25-27)45-37-21-11-19-34-40(37)43(41)39-33(42(34,30-14-4-2-5-15-30)31-16-6-3-7-17-31)18-10-20-35(39)44(36)32-23-22-28-12-8-9-13-29(28)26-32/h2-26H,1H3. The van der Waals surface area contributed by atoms with Crippen molar-refractivity contribution in [1.82, 2.24) is 0 Å². The fourth-order valence-corrected chi connectivity index (χ4v) is 8.53. The Morgan fingerprint density at radius 3 is 1.93 bits per heavy atom. The van der Waals surface area contributed by atoms with Crippen LogP contribution in [0.15, 0.2) is 152 Å². The molecule has 7 aromatic rings. The topological polar surface area (TPSA) is 12.5 Å². The van der Waals surface area contributed by atoms with Gasteiger partial charge < -0.3 is 9.64 Å². The molecule has 0 amide bonds. The Morgan fingerprint density at radius 2 is 1.18 bits per heavy atom. The highest BCUT2D eigenvalue weighted by Crippen LogP contribution is 2.51. The smallest absolute Gasteiger partial charge is 0.257 e. The predicted octanol–water partition coefficient (Wildman–Crippen LogP) is 8.25. The van der Waals surface area contributed by atoms with Gasteiger partial charge in [0.2, 0.25) is 0 Å². The summed E-state index contributed by atoms with van der Waals surface area (Å²) in [6.07, 6.45) is 0. The molecule has 3 aliphatic rings. The third-order valence-electron chi connectivity index (χ3n) is 10.2. The first kappa shape index (κ1) is 24.9. The maximum atomic E-state index is 6.92. The van der Waals surface area contributed by atoms with E-state index in [4.69, 9.17) is 4.74 Å². The number of hydrogen-bond acceptors (Lipinski definition) is 2. The maximum absolute atomic E-state index is 6.92. The van der Waals surface area contributed by atoms with Gasteiger partial charge >= 0.3 is 0 Å². The van der Waals surface area contributed by atoms with E-state index in [2.05, 4.69) is 163 Å². The molecule has 3 aliphatic heterocycles. The first-order chi connectivity index (χ1) is 22.2. The number of ether oxygens (including phenoxy) is 1. The number of hydrogen-bond donors (Lipinski definition) is 0. The molecule has 0 unspecified atom stereocenters. The van der Waals surface area contributed by atoms with Crippen LogP contribution in [0.3, 0.4) is 0 Å². The molecule has 0 atom stereocenters. The minimum absolute atomic E-state index is 0.0685. The molecule has 0 spiro atoms. The molecule has 0 bridgehead atoms. The van der Waals surface area contributed by atoms with Crippen molar-refractivity contribution in [2.24, 2.45) is 0 Å². The molecule has 0 aromatic heterocycles. The zero-order valence-corrected chi connectivity index (χ0v) is 24.9. The maximum Gasteiger partial charge on any atom is 0.257 e. The fraction of sp³-hybridized carbons (Fsp3) is 0.0476. The van der Waals surface area contributed by atoms with Crippen LogP contribution in [-0.4, -0.2) is 6.71 Å². The highest BCUT2D eigenvalue weighted by atomic mass is 16.5. The number of rotatable bonds is 3. The first-order valence-electron chi connectivity index (χ1n) is 15.7. The van der Waals surface area contributed by atoms with Gasteiger partial charge in [0, 0.05) is 17.1 Å². The van der Waals surface area contributed by atoms with E-state index in [-0.39, 0.29) is 6.71 Å². The van der Waals surface area contributed by atoms with Gasteiger partial charge in [-0.3, -0.25) is 0 Å². The summed E-state index contributed by atoms with van der Waals surface area (Å²) in [6.45, 7) is 2.24. The molecule has 0 saturated carbocycles. The lowest BCUT2D eigenvalue weighted by atomic mass is 9.28. The molecule has 0 saturated heterocycles. The van der Waals surface area contributed by atoms with Crippen molar-refractivity contribution >= 4 is 50.9 Å². The van der Waals surface area contributed by atoms with Gasteiger partial charge in [-0.15, -0.1) is 0 Å². The lowest BCUT2D eigenvalue weighted by molar-refractivity contribution is 0.485. The SMILES string of the molecule is Cc1cc2c3c(c1)N(c1ccc4ccccc4c1)c1cccc4c1B3c1c(cccc1C4(c1ccccc1)c1ccccc1)O2. The van der Waals surface area contributed by atoms with Crippen LogP contribution < -0.4 is 26.0 Å². The zero-order chi connectivity index (χ0) is 29.7. The van der Waals surface area contributed by atoms with Crippen molar-refractivity contribution in [3.8, 4) is 11.5 Å². The van der Waals surface area contributed by atoms with Crippen LogP contribution >= 0.6 is 0 Å². The molecule has 210 valence electrons. The van der Waals surface area contributed by atoms with Crippen LogP contribution in [0.5, 0.6) is 11.5 Å². The minimum Gasteiger partial charge on any atom is -0.458 e. The second-order valence-corrected chi connectivity index (χ2v) is 12.5. The quantitative estimate of drug-likeness (QED) is 0.198. The van der Waals surface area contributed by atoms with Gasteiger partial charge in [0.15, 0.2) is 0 Å². The number of aryl methyl sites for hydroxylation is 1. The van der Waals surface area contributed by atoms with Crippen LogP contribution in [0.4, 0.5) is 17.1 Å². The Balaban J connectivity index is 1.38. The Labute approximate surface area is 263 Å². The zero-order valence-electron chi connectivity index (χ0n) is 24.9. The molecular weight excluding hydrogens is 545 g/mol. The average molecular weight is 574 g/mol. The van der Waals surface area contributed by atoms with Crippen molar-refractivity contribution in [2.75, 3.05) is 4.90 Å². The third kappa shape index (κ3) is 3.20. The molecule has 0 aliphatic carbocycles. The van der Waals surface area contributed by atoms with Gasteiger partial charge in [-0.2, -0.15) is 0 Å². The Bertz CT molecular complexity index is 2290. The predicted molar refractivity (Wildman–Crippen MR) is 186 cm³/mol. The summed E-state index contributed by atoms with van der Waals surface area (Å²) in [5.41, 5.74) is 13.3. The summed E-state index contributed by atoms with van der Waals surface area (Å²) in [6, 6.07) is 55.8. The van der Waals surface area contributed by atoms with Gasteiger partial charge in [0.25, 0.3) is 6.71 Å². The summed E-state index contributed by atoms with van der Waals surface area (Å²) < 4.78 is 6.92. The highest BCUT2D eigenvalue weighted by molar-refractivity contribution is 7.00. The van der Waals surface area contributed by atoms with Crippen LogP contribution in [0, 0.1) is 6.92 Å². The van der Waals surface area contributed by atoms with Gasteiger partial charge in [-0.25, -0.2) is 0 Å². The highest BCUT2D eigenvalue weighted by Gasteiger charge is 2.54. The van der Waals surface area contributed by atoms with Crippen LogP contribution in [-0.2, 0) is 5.41 Å². The van der Waals surface area contributed by atoms with Gasteiger partial charge in [-0.05, 0) is 98.3 Å². The molecule has 2 nitrogen and oxygen atoms in total. The second-order valence-electron chi connectivity index (χ2n) is 12.5. The minimum atomic E-state index is -0.520. The van der Waals surface area contributed by atoms with Gasteiger partial charge in [-0.1, -0.05) is 115 Å². The van der Waals surface area contributed by atoms with Gasteiger partial charge in [0.1, 0.15) is 11.5 Å². The average Bonchev–Trinajstić information content (AvgIpc) is 3.09. The number of anilines is 3. The number of nitrogens with zero attached hydrogens (tertiary/aromatic N) is 1. The van der Waals surface area contributed by atoms with E-state index in [9.17, 15) is 0 Å². The molecule has 7 aromatic carbocycles. The third-order valence-corrected chi connectivity index (χ3v) is 10.2. The molecule has 0 fully saturated rings. The van der Waals surface area contributed by atoms with Gasteiger partial charge in [0.05, 0.1) is 5.41 Å². The monoisotopic (exact) mass is 573 g/mol. The van der Waals surface area contributed by atoms with Crippen molar-refractivity contribution < 1.29 is 4.74 Å². The number of benzene rings is 7. The summed E-state index contributed by atoms with van der Waals surface area (Å²) >= 11 is 0. The largest absolute Gasteiger partial charge is 0.458 e. The Kier molecular flexibility index (Phi) is 4.97. The number of fused-ring (bicyclic) bond motifs is 1. The van der Waals surface area contributed by atoms with Crippen molar-refractivity contribution in [2.45, 2.75) is 12.3 Å². The Hall–Kier alpha value is -5.54. The van der Waals surface area contributed by atoms with Crippen LogP contribution in [0.25, 0.3) is 10.8 Å². The van der Waals surface area contributed by atoms with Crippen molar-refractivity contribution in [3.05, 3.63) is 179 Å². The fourth-order valence-electron chi connectivity index (χ4n) is 8.53. The van der Waals surface area contributed by atoms with E-state index >= 15 is 0 Å². The van der Waals surface area contributed by atoms with Crippen molar-refractivity contribution in [1.29, 1.82) is 0 Å². The molecule has 0 radical (unpaired) electrons. The summed E-state index contributed by atoms with van der Waals surface area (Å²) in [5, 5.41) is 2.47. The van der Waals surface area contributed by atoms with E-state index in [0.29, 0.717) is 0 Å². The lowest BCUT2D eigenvalue weighted by Crippen LogP contribution is -2.66. The van der Waals surface area contributed by atoms with Crippen LogP contribution in [0.2, 0.25) is 0 Å². The van der Waals surface area contributed by atoms with Crippen LogP contribution in [0.1, 0.15) is 27.8 Å². The molecule has 10 rings (SSSR count).